The van der Waals surface area contributed by atoms with Crippen molar-refractivity contribution >= 4 is 34.1 Å². The number of rotatable bonds is 6. The number of benzene rings is 1. The minimum absolute atomic E-state index is 0.0578. The van der Waals surface area contributed by atoms with Crippen LogP contribution in [0.25, 0.3) is 10.9 Å². The Kier molecular flexibility index (Phi) is 5.13. The molecule has 0 saturated carbocycles. The summed E-state index contributed by atoms with van der Waals surface area (Å²) < 4.78 is 7.14. The first-order chi connectivity index (χ1) is 11.9. The normalized spacial score (nSPS) is 11.4. The van der Waals surface area contributed by atoms with Crippen LogP contribution in [0.4, 0.5) is 5.69 Å². The molecule has 25 heavy (non-hydrogen) atoms. The molecule has 0 saturated heterocycles. The molecule has 2 heterocycles. The molecule has 6 heteroatoms. The Morgan fingerprint density at radius 3 is 2.84 bits per heavy atom. The van der Waals surface area contributed by atoms with E-state index in [2.05, 4.69) is 41.2 Å². The number of carbonyl (C=O) groups excluding carboxylic acids is 1. The van der Waals surface area contributed by atoms with Crippen molar-refractivity contribution in [3.05, 3.63) is 46.9 Å². The van der Waals surface area contributed by atoms with E-state index in [0.29, 0.717) is 18.8 Å². The highest BCUT2D eigenvalue weighted by molar-refractivity contribution is 6.29. The van der Waals surface area contributed by atoms with Crippen molar-refractivity contribution in [1.29, 1.82) is 0 Å². The molecule has 0 bridgehead atoms. The molecule has 0 fully saturated rings. The topological polar surface area (TPSA) is 60.1 Å². The quantitative estimate of drug-likeness (QED) is 0.686. The average Bonchev–Trinajstić information content (AvgIpc) is 3.08. The van der Waals surface area contributed by atoms with Crippen LogP contribution in [0.2, 0.25) is 5.22 Å². The third-order valence-corrected chi connectivity index (χ3v) is 4.45. The number of hydrogen-bond donors (Lipinski definition) is 1. The molecule has 0 aliphatic carbocycles. The zero-order valence-corrected chi connectivity index (χ0v) is 15.4. The van der Waals surface area contributed by atoms with Crippen LogP contribution < -0.4 is 5.32 Å². The van der Waals surface area contributed by atoms with Crippen LogP contribution >= 0.6 is 11.6 Å². The fraction of sp³-hybridized carbons (Fsp3) is 0.368. The van der Waals surface area contributed by atoms with Gasteiger partial charge in [0.1, 0.15) is 0 Å². The molecular weight excluding hydrogens is 338 g/mol. The Bertz CT molecular complexity index is 876. The summed E-state index contributed by atoms with van der Waals surface area (Å²) in [6.45, 7) is 7.19. The van der Waals surface area contributed by atoms with E-state index in [1.165, 1.54) is 5.52 Å². The number of aryl methyl sites for hydroxylation is 1. The molecule has 0 unspecified atom stereocenters. The number of aromatic nitrogens is 2. The predicted octanol–water partition coefficient (Wildman–Crippen LogP) is 4.82. The molecule has 0 aliphatic heterocycles. The van der Waals surface area contributed by atoms with Gasteiger partial charge in [-0.2, -0.15) is 0 Å². The molecule has 132 valence electrons. The van der Waals surface area contributed by atoms with E-state index in [1.807, 2.05) is 25.1 Å². The van der Waals surface area contributed by atoms with Crippen molar-refractivity contribution in [3.63, 3.8) is 0 Å². The lowest BCUT2D eigenvalue weighted by Gasteiger charge is -2.09. The first kappa shape index (κ1) is 17.5. The van der Waals surface area contributed by atoms with Crippen molar-refractivity contribution in [3.8, 4) is 0 Å². The van der Waals surface area contributed by atoms with Gasteiger partial charge in [0.25, 0.3) is 0 Å². The highest BCUT2D eigenvalue weighted by atomic mass is 35.5. The largest absolute Gasteiger partial charge is 0.347 e. The number of nitrogens with zero attached hydrogens (tertiary/aromatic N) is 2. The number of carbonyl (C=O) groups is 1. The van der Waals surface area contributed by atoms with Crippen molar-refractivity contribution in [2.45, 2.75) is 40.2 Å². The number of halogens is 1. The van der Waals surface area contributed by atoms with E-state index in [-0.39, 0.29) is 11.1 Å². The molecule has 5 nitrogen and oxygen atoms in total. The maximum Gasteiger partial charge on any atom is 0.229 e. The number of anilines is 1. The Hall–Kier alpha value is -2.27. The van der Waals surface area contributed by atoms with E-state index in [9.17, 15) is 4.79 Å². The van der Waals surface area contributed by atoms with Gasteiger partial charge in [0.2, 0.25) is 11.1 Å². The Labute approximate surface area is 151 Å². The molecule has 1 N–H and O–H groups in total. The Balaban J connectivity index is 1.65. The lowest BCUT2D eigenvalue weighted by atomic mass is 10.1. The zero-order chi connectivity index (χ0) is 18.0. The number of nitrogens with one attached hydrogen (secondary N) is 1. The highest BCUT2D eigenvalue weighted by Gasteiger charge is 2.13. The van der Waals surface area contributed by atoms with Gasteiger partial charge in [-0.05, 0) is 55.1 Å². The van der Waals surface area contributed by atoms with Crippen molar-refractivity contribution < 1.29 is 9.32 Å². The van der Waals surface area contributed by atoms with Crippen molar-refractivity contribution in [1.82, 2.24) is 9.72 Å². The number of amides is 1. The molecule has 3 rings (SSSR count). The monoisotopic (exact) mass is 359 g/mol. The fourth-order valence-corrected chi connectivity index (χ4v) is 3.20. The predicted molar refractivity (Wildman–Crippen MR) is 100.0 cm³/mol. The summed E-state index contributed by atoms with van der Waals surface area (Å²) in [4.78, 5) is 12.2. The minimum atomic E-state index is -0.0578. The van der Waals surface area contributed by atoms with Crippen LogP contribution in [0.5, 0.6) is 0 Å². The summed E-state index contributed by atoms with van der Waals surface area (Å²) in [5.41, 5.74) is 3.50. The average molecular weight is 360 g/mol. The molecule has 0 aliphatic rings. The standard InChI is InChI=1S/C19H22ClN3O2/c1-12(2)11-23-9-8-14-10-15(4-6-17(14)23)21-18(24)7-5-16-13(3)22-25-19(16)20/h4,6,8-10,12H,5,7,11H2,1-3H3,(H,21,24). The van der Waals surface area contributed by atoms with E-state index in [4.69, 9.17) is 16.1 Å². The highest BCUT2D eigenvalue weighted by Crippen LogP contribution is 2.23. The third kappa shape index (κ3) is 4.04. The Morgan fingerprint density at radius 1 is 1.36 bits per heavy atom. The lowest BCUT2D eigenvalue weighted by Crippen LogP contribution is -2.12. The molecule has 0 spiro atoms. The zero-order valence-electron chi connectivity index (χ0n) is 14.7. The van der Waals surface area contributed by atoms with Gasteiger partial charge in [-0.25, -0.2) is 0 Å². The van der Waals surface area contributed by atoms with Gasteiger partial charge in [-0.3, -0.25) is 4.79 Å². The molecule has 1 aromatic carbocycles. The summed E-state index contributed by atoms with van der Waals surface area (Å²) in [5, 5.41) is 8.12. The van der Waals surface area contributed by atoms with E-state index in [1.54, 1.807) is 0 Å². The molecule has 0 atom stereocenters. The smallest absolute Gasteiger partial charge is 0.229 e. The molecule has 2 aromatic heterocycles. The first-order valence-electron chi connectivity index (χ1n) is 8.43. The second-order valence-electron chi connectivity index (χ2n) is 6.70. The van der Waals surface area contributed by atoms with Crippen LogP contribution in [0, 0.1) is 12.8 Å². The molecule has 1 amide bonds. The van der Waals surface area contributed by atoms with Gasteiger partial charge < -0.3 is 14.4 Å². The van der Waals surface area contributed by atoms with Crippen molar-refractivity contribution in [2.75, 3.05) is 5.32 Å². The summed E-state index contributed by atoms with van der Waals surface area (Å²) >= 11 is 5.93. The van der Waals surface area contributed by atoms with Crippen LogP contribution in [-0.4, -0.2) is 15.6 Å². The number of hydrogen-bond acceptors (Lipinski definition) is 3. The van der Waals surface area contributed by atoms with Gasteiger partial charge in [0.15, 0.2) is 0 Å². The number of fused-ring (bicyclic) bond motifs is 1. The second-order valence-corrected chi connectivity index (χ2v) is 7.05. The summed E-state index contributed by atoms with van der Waals surface area (Å²) in [5.74, 6) is 0.528. The van der Waals surface area contributed by atoms with Crippen LogP contribution in [0.1, 0.15) is 31.5 Å². The van der Waals surface area contributed by atoms with Crippen molar-refractivity contribution in [2.24, 2.45) is 5.92 Å². The maximum atomic E-state index is 12.2. The van der Waals surface area contributed by atoms with Gasteiger partial charge in [0, 0.05) is 41.3 Å². The maximum absolute atomic E-state index is 12.2. The second kappa shape index (κ2) is 7.31. The summed E-state index contributed by atoms with van der Waals surface area (Å²) in [7, 11) is 0. The van der Waals surface area contributed by atoms with Gasteiger partial charge in [0.05, 0.1) is 5.69 Å². The lowest BCUT2D eigenvalue weighted by molar-refractivity contribution is -0.116. The Morgan fingerprint density at radius 2 is 2.16 bits per heavy atom. The van der Waals surface area contributed by atoms with Crippen LogP contribution in [0.3, 0.4) is 0 Å². The van der Waals surface area contributed by atoms with Gasteiger partial charge in [-0.15, -0.1) is 0 Å². The van der Waals surface area contributed by atoms with Gasteiger partial charge >= 0.3 is 0 Å². The van der Waals surface area contributed by atoms with E-state index < -0.39 is 0 Å². The molecule has 0 radical (unpaired) electrons. The first-order valence-corrected chi connectivity index (χ1v) is 8.81. The SMILES string of the molecule is Cc1noc(Cl)c1CCC(=O)Nc1ccc2c(ccn2CC(C)C)c1. The molecule has 3 aromatic rings. The summed E-state index contributed by atoms with van der Waals surface area (Å²) in [6.07, 6.45) is 2.92. The third-order valence-electron chi connectivity index (χ3n) is 4.16. The van der Waals surface area contributed by atoms with Crippen LogP contribution in [0.15, 0.2) is 35.0 Å². The molecular formula is C19H22ClN3O2. The fourth-order valence-electron chi connectivity index (χ4n) is 2.93. The summed E-state index contributed by atoms with van der Waals surface area (Å²) in [6, 6.07) is 8.07. The van der Waals surface area contributed by atoms with Gasteiger partial charge in [-0.1, -0.05) is 19.0 Å². The minimum Gasteiger partial charge on any atom is -0.347 e. The van der Waals surface area contributed by atoms with E-state index >= 15 is 0 Å². The van der Waals surface area contributed by atoms with Crippen LogP contribution in [-0.2, 0) is 17.8 Å². The van der Waals surface area contributed by atoms with E-state index in [0.717, 1.165) is 28.9 Å².